The smallest absolute Gasteiger partial charge is 0.430 e. The molecule has 0 aliphatic heterocycles. The molecule has 0 saturated heterocycles. The summed E-state index contributed by atoms with van der Waals surface area (Å²) in [6.45, 7) is 6.99. The monoisotopic (exact) mass is 315 g/mol. The summed E-state index contributed by atoms with van der Waals surface area (Å²) in [5, 5.41) is 10.4. The van der Waals surface area contributed by atoms with E-state index >= 15 is 0 Å². The van der Waals surface area contributed by atoms with Crippen LogP contribution in [-0.4, -0.2) is 39.3 Å². The molecule has 1 aliphatic carbocycles. The van der Waals surface area contributed by atoms with Crippen molar-refractivity contribution in [2.45, 2.75) is 64.5 Å². The summed E-state index contributed by atoms with van der Waals surface area (Å²) in [4.78, 5) is 35.4. The number of urea groups is 1. The first-order chi connectivity index (χ1) is 9.98. The minimum Gasteiger partial charge on any atom is -0.479 e. The largest absolute Gasteiger partial charge is 0.479 e. The van der Waals surface area contributed by atoms with E-state index in [0.29, 0.717) is 18.8 Å². The van der Waals surface area contributed by atoms with Crippen LogP contribution in [0.2, 0.25) is 0 Å². The Bertz CT molecular complexity index is 450. The molecule has 3 amide bonds. The van der Waals surface area contributed by atoms with E-state index in [1.807, 2.05) is 6.92 Å². The van der Waals surface area contributed by atoms with Gasteiger partial charge in [-0.1, -0.05) is 6.92 Å². The maximum atomic E-state index is 12.4. The van der Waals surface area contributed by atoms with E-state index in [-0.39, 0.29) is 12.8 Å². The van der Waals surface area contributed by atoms with Crippen LogP contribution < -0.4 is 11.2 Å². The van der Waals surface area contributed by atoms with Gasteiger partial charge in [0.2, 0.25) is 0 Å². The lowest BCUT2D eigenvalue weighted by molar-refractivity contribution is -0.156. The molecule has 0 unspecified atom stereocenters. The standard InChI is InChI=1S/C14H25N3O5/c1-9-5-7-14(8-6-9,10(18)19)17(16-11(15)20)12(21)22-13(2,3)4/h9H,5-8H2,1-4H3,(H,18,19)(H3,15,16,20)/t9-,14+. The third-order valence-electron chi connectivity index (χ3n) is 3.73. The molecule has 1 rings (SSSR count). The maximum absolute atomic E-state index is 12.4. The average Bonchev–Trinajstić information content (AvgIpc) is 2.34. The zero-order valence-electron chi connectivity index (χ0n) is 13.5. The van der Waals surface area contributed by atoms with Gasteiger partial charge in [0.1, 0.15) is 5.60 Å². The van der Waals surface area contributed by atoms with Crippen LogP contribution in [0.25, 0.3) is 0 Å². The van der Waals surface area contributed by atoms with E-state index < -0.39 is 29.2 Å². The number of ether oxygens (including phenoxy) is 1. The molecule has 126 valence electrons. The Morgan fingerprint density at radius 3 is 2.14 bits per heavy atom. The number of nitrogens with one attached hydrogen (secondary N) is 1. The number of amides is 3. The van der Waals surface area contributed by atoms with Gasteiger partial charge in [0.05, 0.1) is 0 Å². The van der Waals surface area contributed by atoms with Gasteiger partial charge < -0.3 is 15.6 Å². The lowest BCUT2D eigenvalue weighted by Gasteiger charge is -2.43. The summed E-state index contributed by atoms with van der Waals surface area (Å²) in [7, 11) is 0. The first-order valence-electron chi connectivity index (χ1n) is 7.30. The van der Waals surface area contributed by atoms with Crippen LogP contribution in [0.4, 0.5) is 9.59 Å². The van der Waals surface area contributed by atoms with Crippen LogP contribution in [0.5, 0.6) is 0 Å². The molecule has 0 aromatic heterocycles. The van der Waals surface area contributed by atoms with Crippen LogP contribution in [0.3, 0.4) is 0 Å². The number of nitrogens with zero attached hydrogens (tertiary/aromatic N) is 1. The van der Waals surface area contributed by atoms with Gasteiger partial charge in [0, 0.05) is 0 Å². The Balaban J connectivity index is 3.13. The molecule has 0 aromatic carbocycles. The molecule has 0 bridgehead atoms. The predicted molar refractivity (Wildman–Crippen MR) is 78.8 cm³/mol. The molecule has 8 heteroatoms. The third-order valence-corrected chi connectivity index (χ3v) is 3.73. The van der Waals surface area contributed by atoms with Crippen LogP contribution in [0, 0.1) is 5.92 Å². The number of nitrogens with two attached hydrogens (primary N) is 1. The Hall–Kier alpha value is -1.99. The molecule has 0 heterocycles. The van der Waals surface area contributed by atoms with Gasteiger partial charge >= 0.3 is 18.1 Å². The fourth-order valence-corrected chi connectivity index (χ4v) is 2.52. The van der Waals surface area contributed by atoms with Crippen molar-refractivity contribution in [1.29, 1.82) is 0 Å². The van der Waals surface area contributed by atoms with Gasteiger partial charge in [-0.2, -0.15) is 5.01 Å². The van der Waals surface area contributed by atoms with Gasteiger partial charge in [0.25, 0.3) is 0 Å². The number of hydrogen-bond donors (Lipinski definition) is 3. The van der Waals surface area contributed by atoms with E-state index in [4.69, 9.17) is 10.5 Å². The van der Waals surface area contributed by atoms with Crippen molar-refractivity contribution >= 4 is 18.1 Å². The fraction of sp³-hybridized carbons (Fsp3) is 0.786. The number of hydrazine groups is 1. The summed E-state index contributed by atoms with van der Waals surface area (Å²) in [5.74, 6) is -0.819. The molecular weight excluding hydrogens is 290 g/mol. The van der Waals surface area contributed by atoms with Crippen molar-refractivity contribution in [2.75, 3.05) is 0 Å². The van der Waals surface area contributed by atoms with Crippen molar-refractivity contribution in [3.63, 3.8) is 0 Å². The molecule has 8 nitrogen and oxygen atoms in total. The number of rotatable bonds is 2. The van der Waals surface area contributed by atoms with Gasteiger partial charge in [-0.3, -0.25) is 0 Å². The number of carboxylic acid groups (broad SMARTS) is 1. The van der Waals surface area contributed by atoms with E-state index in [2.05, 4.69) is 5.43 Å². The van der Waals surface area contributed by atoms with Crippen LogP contribution in [0.1, 0.15) is 53.4 Å². The Labute approximate surface area is 129 Å². The molecular formula is C14H25N3O5. The first-order valence-corrected chi connectivity index (χ1v) is 7.30. The minimum atomic E-state index is -1.54. The highest BCUT2D eigenvalue weighted by atomic mass is 16.6. The SMILES string of the molecule is CC(C)(C)OC(=O)N(NC(N)=O)[C@]1(C(=O)O)CC[C@H](C)CC1. The highest BCUT2D eigenvalue weighted by Crippen LogP contribution is 2.36. The molecule has 1 saturated carbocycles. The summed E-state index contributed by atoms with van der Waals surface area (Å²) in [5.41, 5.74) is 4.86. The molecule has 4 N–H and O–H groups in total. The lowest BCUT2D eigenvalue weighted by atomic mass is 9.76. The number of hydrogen-bond acceptors (Lipinski definition) is 4. The number of carbonyl (C=O) groups is 3. The zero-order valence-corrected chi connectivity index (χ0v) is 13.5. The summed E-state index contributed by atoms with van der Waals surface area (Å²) in [6, 6.07) is -1.01. The Kier molecular flexibility index (Phi) is 5.26. The molecule has 0 aromatic rings. The molecule has 0 radical (unpaired) electrons. The van der Waals surface area contributed by atoms with Crippen molar-refractivity contribution in [3.8, 4) is 0 Å². The molecule has 1 aliphatic rings. The molecule has 0 atom stereocenters. The van der Waals surface area contributed by atoms with Gasteiger partial charge in [-0.15, -0.1) is 0 Å². The second kappa shape index (κ2) is 6.41. The van der Waals surface area contributed by atoms with Crippen LogP contribution in [-0.2, 0) is 9.53 Å². The Morgan fingerprint density at radius 2 is 1.77 bits per heavy atom. The number of carbonyl (C=O) groups excluding carboxylic acids is 2. The normalized spacial score (nSPS) is 25.2. The minimum absolute atomic E-state index is 0.225. The molecule has 1 fully saturated rings. The van der Waals surface area contributed by atoms with Crippen molar-refractivity contribution < 1.29 is 24.2 Å². The zero-order chi connectivity index (χ0) is 17.1. The number of aliphatic carboxylic acids is 1. The first kappa shape index (κ1) is 18.1. The predicted octanol–water partition coefficient (Wildman–Crippen LogP) is 1.84. The van der Waals surface area contributed by atoms with Crippen molar-refractivity contribution in [2.24, 2.45) is 11.7 Å². The highest BCUT2D eigenvalue weighted by molar-refractivity contribution is 5.86. The van der Waals surface area contributed by atoms with Crippen LogP contribution in [0.15, 0.2) is 0 Å². The second-order valence-corrected chi connectivity index (χ2v) is 6.81. The maximum Gasteiger partial charge on any atom is 0.430 e. The number of carboxylic acids is 1. The van der Waals surface area contributed by atoms with E-state index in [1.54, 1.807) is 20.8 Å². The third kappa shape index (κ3) is 4.25. The van der Waals surface area contributed by atoms with Gasteiger partial charge in [-0.25, -0.2) is 19.8 Å². The highest BCUT2D eigenvalue weighted by Gasteiger charge is 2.50. The Morgan fingerprint density at radius 1 is 1.27 bits per heavy atom. The van der Waals surface area contributed by atoms with Gasteiger partial charge in [-0.05, 0) is 52.4 Å². The summed E-state index contributed by atoms with van der Waals surface area (Å²) >= 11 is 0. The van der Waals surface area contributed by atoms with Crippen molar-refractivity contribution in [3.05, 3.63) is 0 Å². The van der Waals surface area contributed by atoms with Gasteiger partial charge in [0.15, 0.2) is 5.54 Å². The fourth-order valence-electron chi connectivity index (χ4n) is 2.52. The molecule has 0 spiro atoms. The molecule has 22 heavy (non-hydrogen) atoms. The van der Waals surface area contributed by atoms with E-state index in [1.165, 1.54) is 0 Å². The second-order valence-electron chi connectivity index (χ2n) is 6.81. The van der Waals surface area contributed by atoms with Crippen LogP contribution >= 0.6 is 0 Å². The lowest BCUT2D eigenvalue weighted by Crippen LogP contribution is -2.66. The summed E-state index contributed by atoms with van der Waals surface area (Å²) < 4.78 is 5.21. The quantitative estimate of drug-likeness (QED) is 0.671. The number of primary amides is 1. The van der Waals surface area contributed by atoms with E-state index in [9.17, 15) is 19.5 Å². The van der Waals surface area contributed by atoms with E-state index in [0.717, 1.165) is 5.01 Å². The topological polar surface area (TPSA) is 122 Å². The summed E-state index contributed by atoms with van der Waals surface area (Å²) in [6.07, 6.45) is 0.785. The van der Waals surface area contributed by atoms with Crippen molar-refractivity contribution in [1.82, 2.24) is 10.4 Å². The average molecular weight is 315 g/mol.